The number of carbonyl (C=O) groups excluding carboxylic acids is 1. The van der Waals surface area contributed by atoms with Crippen molar-refractivity contribution in [2.75, 3.05) is 5.32 Å². The van der Waals surface area contributed by atoms with E-state index in [-0.39, 0.29) is 24.4 Å². The minimum Gasteiger partial charge on any atom is -0.348 e. The molecule has 1 aliphatic rings. The van der Waals surface area contributed by atoms with Gasteiger partial charge in [0.25, 0.3) is 5.91 Å². The van der Waals surface area contributed by atoms with Gasteiger partial charge in [-0.3, -0.25) is 4.79 Å². The first-order valence-corrected chi connectivity index (χ1v) is 8.17. The van der Waals surface area contributed by atoms with Crippen LogP contribution >= 0.6 is 12.4 Å². The van der Waals surface area contributed by atoms with E-state index in [9.17, 15) is 4.79 Å². The number of halogens is 1. The molecule has 0 saturated heterocycles. The zero-order chi connectivity index (χ0) is 17.4. The number of aromatic nitrogens is 4. The fraction of sp³-hybridized carbons (Fsp3) is 0.222. The number of hydrogen-bond acceptors (Lipinski definition) is 5. The van der Waals surface area contributed by atoms with Gasteiger partial charge in [0.2, 0.25) is 0 Å². The Labute approximate surface area is 157 Å². The molecule has 134 valence electrons. The highest BCUT2D eigenvalue weighted by atomic mass is 35.5. The van der Waals surface area contributed by atoms with Crippen LogP contribution in [0, 0.1) is 0 Å². The normalized spacial score (nSPS) is 12.5. The van der Waals surface area contributed by atoms with Gasteiger partial charge in [0.1, 0.15) is 17.8 Å². The van der Waals surface area contributed by atoms with Crippen LogP contribution in [0.5, 0.6) is 0 Å². The lowest BCUT2D eigenvalue weighted by molar-refractivity contribution is 0.0966. The van der Waals surface area contributed by atoms with Gasteiger partial charge >= 0.3 is 0 Å². The number of pyridine rings is 1. The molecule has 1 aromatic carbocycles. The van der Waals surface area contributed by atoms with Gasteiger partial charge in [0, 0.05) is 12.6 Å². The summed E-state index contributed by atoms with van der Waals surface area (Å²) in [5.41, 5.74) is 3.15. The Morgan fingerprint density at radius 2 is 2.00 bits per heavy atom. The molecule has 0 saturated carbocycles. The minimum atomic E-state index is -0.0613. The lowest BCUT2D eigenvalue weighted by Gasteiger charge is -2.12. The summed E-state index contributed by atoms with van der Waals surface area (Å²) in [5.74, 6) is 1.31. The first kappa shape index (κ1) is 17.9. The monoisotopic (exact) mass is 370 g/mol. The molecular weight excluding hydrogens is 352 g/mol. The number of anilines is 2. The number of carbonyl (C=O) groups is 1. The van der Waals surface area contributed by atoms with E-state index in [1.807, 2.05) is 41.0 Å². The van der Waals surface area contributed by atoms with Crippen molar-refractivity contribution in [1.29, 1.82) is 0 Å². The molecule has 0 bridgehead atoms. The highest BCUT2D eigenvalue weighted by Gasteiger charge is 2.22. The lowest BCUT2D eigenvalue weighted by atomic mass is 10.1. The van der Waals surface area contributed by atoms with Crippen LogP contribution in [0.1, 0.15) is 35.8 Å². The van der Waals surface area contributed by atoms with E-state index in [0.717, 1.165) is 22.8 Å². The summed E-state index contributed by atoms with van der Waals surface area (Å²) >= 11 is 0. The van der Waals surface area contributed by atoms with E-state index in [1.165, 1.54) is 0 Å². The number of benzene rings is 1. The van der Waals surface area contributed by atoms with Gasteiger partial charge in [-0.2, -0.15) is 0 Å². The maximum absolute atomic E-state index is 12.1. The summed E-state index contributed by atoms with van der Waals surface area (Å²) in [6, 6.07) is 11.7. The Balaban J connectivity index is 0.00000196. The molecule has 3 heterocycles. The predicted octanol–water partition coefficient (Wildman–Crippen LogP) is 3.33. The summed E-state index contributed by atoms with van der Waals surface area (Å²) in [7, 11) is 0. The molecule has 1 aliphatic heterocycles. The van der Waals surface area contributed by atoms with E-state index in [2.05, 4.69) is 39.7 Å². The Morgan fingerprint density at radius 1 is 1.19 bits per heavy atom. The highest BCUT2D eigenvalue weighted by Crippen LogP contribution is 2.27. The van der Waals surface area contributed by atoms with Gasteiger partial charge in [0.05, 0.1) is 11.3 Å². The molecule has 0 fully saturated rings. The second-order valence-electron chi connectivity index (χ2n) is 6.21. The molecule has 0 spiro atoms. The van der Waals surface area contributed by atoms with Crippen molar-refractivity contribution in [3.05, 3.63) is 53.9 Å². The zero-order valence-electron chi connectivity index (χ0n) is 14.4. The molecular formula is C18H19ClN6O. The molecule has 0 atom stereocenters. The number of nitrogens with one attached hydrogen (secondary N) is 2. The van der Waals surface area contributed by atoms with Gasteiger partial charge < -0.3 is 15.2 Å². The first-order valence-electron chi connectivity index (χ1n) is 8.17. The van der Waals surface area contributed by atoms with Crippen molar-refractivity contribution < 1.29 is 4.79 Å². The average molecular weight is 371 g/mol. The standard InChI is InChI=1S/C18H18N6O.ClH/c1-11(2)24-10-20-23-17(24)14-7-4-8-15(22-14)21-13-6-3-5-12-9-19-18(25)16(12)13;/h3-8,10-11H,9H2,1-2H3,(H,19,25)(H,21,22);1H. The molecule has 8 heteroatoms. The number of amides is 1. The molecule has 4 rings (SSSR count). The van der Waals surface area contributed by atoms with Gasteiger partial charge in [-0.15, -0.1) is 22.6 Å². The third-order valence-electron chi connectivity index (χ3n) is 4.19. The SMILES string of the molecule is CC(C)n1cnnc1-c1cccc(Nc2cccc3c2C(=O)NC3)n1.Cl. The van der Waals surface area contributed by atoms with Crippen molar-refractivity contribution in [3.63, 3.8) is 0 Å². The number of fused-ring (bicyclic) bond motifs is 1. The Morgan fingerprint density at radius 3 is 2.81 bits per heavy atom. The predicted molar refractivity (Wildman–Crippen MR) is 102 cm³/mol. The molecule has 3 aromatic rings. The van der Waals surface area contributed by atoms with Crippen molar-refractivity contribution >= 4 is 29.8 Å². The number of nitrogens with zero attached hydrogens (tertiary/aromatic N) is 4. The second kappa shape index (κ2) is 7.13. The van der Waals surface area contributed by atoms with Crippen molar-refractivity contribution in [2.24, 2.45) is 0 Å². The molecule has 26 heavy (non-hydrogen) atoms. The summed E-state index contributed by atoms with van der Waals surface area (Å²) in [6.45, 7) is 4.70. The number of rotatable bonds is 4. The molecule has 2 aromatic heterocycles. The highest BCUT2D eigenvalue weighted by molar-refractivity contribution is 6.04. The van der Waals surface area contributed by atoms with Crippen LogP contribution in [0.15, 0.2) is 42.7 Å². The molecule has 0 unspecified atom stereocenters. The van der Waals surface area contributed by atoms with Gasteiger partial charge in [-0.25, -0.2) is 4.98 Å². The topological polar surface area (TPSA) is 84.7 Å². The molecule has 0 aliphatic carbocycles. The van der Waals surface area contributed by atoms with Crippen LogP contribution in [0.4, 0.5) is 11.5 Å². The van der Waals surface area contributed by atoms with Crippen molar-refractivity contribution in [1.82, 2.24) is 25.1 Å². The van der Waals surface area contributed by atoms with Gasteiger partial charge in [-0.1, -0.05) is 18.2 Å². The average Bonchev–Trinajstić information content (AvgIpc) is 3.23. The van der Waals surface area contributed by atoms with Crippen LogP contribution in [0.2, 0.25) is 0 Å². The van der Waals surface area contributed by atoms with E-state index in [4.69, 9.17) is 0 Å². The zero-order valence-corrected chi connectivity index (χ0v) is 15.2. The van der Waals surface area contributed by atoms with Crippen molar-refractivity contribution in [3.8, 4) is 11.5 Å². The van der Waals surface area contributed by atoms with Crippen LogP contribution in [0.25, 0.3) is 11.5 Å². The molecule has 0 radical (unpaired) electrons. The third-order valence-corrected chi connectivity index (χ3v) is 4.19. The van der Waals surface area contributed by atoms with E-state index >= 15 is 0 Å². The molecule has 2 N–H and O–H groups in total. The van der Waals surface area contributed by atoms with Crippen LogP contribution in [-0.2, 0) is 6.54 Å². The maximum Gasteiger partial charge on any atom is 0.254 e. The number of hydrogen-bond donors (Lipinski definition) is 2. The fourth-order valence-electron chi connectivity index (χ4n) is 2.95. The summed E-state index contributed by atoms with van der Waals surface area (Å²) in [4.78, 5) is 16.7. The quantitative estimate of drug-likeness (QED) is 0.735. The first-order chi connectivity index (χ1) is 12.1. The summed E-state index contributed by atoms with van der Waals surface area (Å²) < 4.78 is 1.97. The maximum atomic E-state index is 12.1. The second-order valence-corrected chi connectivity index (χ2v) is 6.21. The van der Waals surface area contributed by atoms with Gasteiger partial charge in [-0.05, 0) is 37.6 Å². The smallest absolute Gasteiger partial charge is 0.254 e. The molecule has 7 nitrogen and oxygen atoms in total. The molecule has 1 amide bonds. The largest absolute Gasteiger partial charge is 0.348 e. The Hall–Kier alpha value is -2.93. The summed E-state index contributed by atoms with van der Waals surface area (Å²) in [5, 5.41) is 14.3. The third kappa shape index (κ3) is 3.13. The Bertz CT molecular complexity index is 952. The summed E-state index contributed by atoms with van der Waals surface area (Å²) in [6.07, 6.45) is 1.70. The van der Waals surface area contributed by atoms with Crippen LogP contribution in [0.3, 0.4) is 0 Å². The van der Waals surface area contributed by atoms with E-state index < -0.39 is 0 Å². The fourth-order valence-corrected chi connectivity index (χ4v) is 2.95. The van der Waals surface area contributed by atoms with Crippen molar-refractivity contribution in [2.45, 2.75) is 26.4 Å². The minimum absolute atomic E-state index is 0. The van der Waals surface area contributed by atoms with Crippen LogP contribution < -0.4 is 10.6 Å². The van der Waals surface area contributed by atoms with E-state index in [0.29, 0.717) is 17.9 Å². The van der Waals surface area contributed by atoms with E-state index in [1.54, 1.807) is 6.33 Å². The Kier molecular flexibility index (Phi) is 4.90. The van der Waals surface area contributed by atoms with Gasteiger partial charge in [0.15, 0.2) is 5.82 Å². The lowest BCUT2D eigenvalue weighted by Crippen LogP contribution is -2.13. The van der Waals surface area contributed by atoms with Crippen LogP contribution in [-0.4, -0.2) is 25.7 Å².